The third-order valence-corrected chi connectivity index (χ3v) is 5.70. The number of ether oxygens (including phenoxy) is 5. The lowest BCUT2D eigenvalue weighted by atomic mass is 9.95. The molecule has 1 heterocycles. The molecule has 3 rings (SSSR count). The van der Waals surface area contributed by atoms with Gasteiger partial charge in [-0.2, -0.15) is 5.10 Å². The van der Waals surface area contributed by atoms with E-state index in [-0.39, 0.29) is 30.5 Å². The van der Waals surface area contributed by atoms with E-state index < -0.39 is 23.9 Å². The first kappa shape index (κ1) is 29.9. The van der Waals surface area contributed by atoms with Crippen LogP contribution in [0.3, 0.4) is 0 Å². The highest BCUT2D eigenvalue weighted by atomic mass is 32.1. The largest absolute Gasteiger partial charge is 0.493 e. The summed E-state index contributed by atoms with van der Waals surface area (Å²) in [7, 11) is 2.83. The molecule has 0 aromatic heterocycles. The number of nitrogens with one attached hydrogen (secondary N) is 3. The molecule has 212 valence electrons. The summed E-state index contributed by atoms with van der Waals surface area (Å²) in [4.78, 5) is 36.6. The number of esters is 2. The van der Waals surface area contributed by atoms with E-state index in [9.17, 15) is 14.4 Å². The topological polar surface area (TPSA) is 146 Å². The molecule has 0 fully saturated rings. The maximum atomic E-state index is 12.7. The van der Waals surface area contributed by atoms with Crippen molar-refractivity contribution in [2.45, 2.75) is 26.8 Å². The number of carbonyl (C=O) groups excluding carboxylic acids is 3. The summed E-state index contributed by atoms with van der Waals surface area (Å²) in [5, 5.41) is 10.3. The molecule has 1 aliphatic heterocycles. The Morgan fingerprint density at radius 2 is 1.77 bits per heavy atom. The van der Waals surface area contributed by atoms with Gasteiger partial charge in [-0.25, -0.2) is 10.2 Å². The molecular formula is C27H30N4O8S. The Labute approximate surface area is 236 Å². The number of benzene rings is 2. The molecule has 3 N–H and O–H groups in total. The molecule has 0 spiro atoms. The predicted molar refractivity (Wildman–Crippen MR) is 149 cm³/mol. The number of carbonyl (C=O) groups is 3. The minimum atomic E-state index is -0.648. The number of thiocarbonyl (C=S) groups is 1. The molecule has 13 heteroatoms. The molecule has 40 heavy (non-hydrogen) atoms. The van der Waals surface area contributed by atoms with Crippen molar-refractivity contribution in [1.29, 1.82) is 0 Å². The number of nitrogens with zero attached hydrogens (tertiary/aromatic N) is 1. The Bertz CT molecular complexity index is 1330. The van der Waals surface area contributed by atoms with Crippen LogP contribution in [0, 0.1) is 0 Å². The predicted octanol–water partition coefficient (Wildman–Crippen LogP) is 2.51. The monoisotopic (exact) mass is 570 g/mol. The first-order valence-corrected chi connectivity index (χ1v) is 12.5. The van der Waals surface area contributed by atoms with Crippen LogP contribution in [0.1, 0.15) is 37.9 Å². The molecule has 0 bridgehead atoms. The molecule has 1 atom stereocenters. The van der Waals surface area contributed by atoms with Gasteiger partial charge in [0.2, 0.25) is 5.75 Å². The standard InChI is InChI=1S/C27H30N4O8S/c1-6-37-26(34)23-15(2)29-27(40)30-24(23)18-9-7-8-10-19(18)38-14-22(33)31-28-13-17-11-20(35-4)25(39-16(3)32)21(12-17)36-5/h7-13,24H,6,14H2,1-5H3,(H,31,33)(H2,29,30,40)/t24-/m0/s1. The van der Waals surface area contributed by atoms with Crippen LogP contribution in [-0.2, 0) is 19.1 Å². The van der Waals surface area contributed by atoms with Crippen LogP contribution in [0.15, 0.2) is 52.8 Å². The van der Waals surface area contributed by atoms with Crippen LogP contribution < -0.4 is 35.0 Å². The minimum absolute atomic E-state index is 0.130. The summed E-state index contributed by atoms with van der Waals surface area (Å²) in [6.45, 7) is 4.57. The van der Waals surface area contributed by atoms with Gasteiger partial charge in [0.15, 0.2) is 23.2 Å². The van der Waals surface area contributed by atoms with Gasteiger partial charge >= 0.3 is 11.9 Å². The molecule has 2 aromatic rings. The second kappa shape index (κ2) is 13.9. The molecule has 1 aliphatic rings. The highest BCUT2D eigenvalue weighted by Crippen LogP contribution is 2.38. The van der Waals surface area contributed by atoms with Gasteiger partial charge in [-0.15, -0.1) is 0 Å². The lowest BCUT2D eigenvalue weighted by Crippen LogP contribution is -2.45. The van der Waals surface area contributed by atoms with Crippen molar-refractivity contribution in [2.75, 3.05) is 27.4 Å². The van der Waals surface area contributed by atoms with E-state index in [0.29, 0.717) is 33.3 Å². The SMILES string of the molecule is CCOC(=O)C1=C(C)NC(=S)N[C@H]1c1ccccc1OCC(=O)NN=Cc1cc(OC)c(OC(C)=O)c(OC)c1. The van der Waals surface area contributed by atoms with Crippen molar-refractivity contribution in [3.8, 4) is 23.0 Å². The maximum absolute atomic E-state index is 12.7. The van der Waals surface area contributed by atoms with E-state index in [1.165, 1.54) is 27.4 Å². The number of methoxy groups -OCH3 is 2. The number of hydrogen-bond acceptors (Lipinski definition) is 10. The fourth-order valence-corrected chi connectivity index (χ4v) is 4.10. The number of hydrazone groups is 1. The number of amides is 1. The maximum Gasteiger partial charge on any atom is 0.338 e. The molecule has 2 aromatic carbocycles. The van der Waals surface area contributed by atoms with Gasteiger partial charge in [-0.1, -0.05) is 18.2 Å². The number of allylic oxidation sites excluding steroid dienone is 1. The van der Waals surface area contributed by atoms with Gasteiger partial charge in [0.05, 0.1) is 38.7 Å². The molecule has 0 unspecified atom stereocenters. The zero-order chi connectivity index (χ0) is 29.2. The highest BCUT2D eigenvalue weighted by Gasteiger charge is 2.32. The fourth-order valence-electron chi connectivity index (χ4n) is 3.83. The van der Waals surface area contributed by atoms with Crippen LogP contribution in [0.25, 0.3) is 0 Å². The van der Waals surface area contributed by atoms with E-state index in [4.69, 9.17) is 35.9 Å². The van der Waals surface area contributed by atoms with Crippen molar-refractivity contribution < 1.29 is 38.1 Å². The average Bonchev–Trinajstić information content (AvgIpc) is 2.91. The smallest absolute Gasteiger partial charge is 0.338 e. The van der Waals surface area contributed by atoms with E-state index in [1.807, 2.05) is 0 Å². The molecule has 0 aliphatic carbocycles. The highest BCUT2D eigenvalue weighted by molar-refractivity contribution is 7.80. The summed E-state index contributed by atoms with van der Waals surface area (Å²) < 4.78 is 26.7. The Morgan fingerprint density at radius 3 is 2.40 bits per heavy atom. The van der Waals surface area contributed by atoms with Gasteiger partial charge in [-0.05, 0) is 44.3 Å². The molecular weight excluding hydrogens is 540 g/mol. The molecule has 1 amide bonds. The van der Waals surface area contributed by atoms with Crippen LogP contribution in [0.5, 0.6) is 23.0 Å². The quantitative estimate of drug-likeness (QED) is 0.120. The molecule has 0 saturated heterocycles. The van der Waals surface area contributed by atoms with E-state index in [2.05, 4.69) is 21.2 Å². The zero-order valence-electron chi connectivity index (χ0n) is 22.7. The Hall–Kier alpha value is -4.65. The fraction of sp³-hybridized carbons (Fsp3) is 0.296. The third-order valence-electron chi connectivity index (χ3n) is 5.48. The van der Waals surface area contributed by atoms with E-state index in [0.717, 1.165) is 0 Å². The van der Waals surface area contributed by atoms with Crippen LogP contribution >= 0.6 is 12.2 Å². The number of hydrogen-bond donors (Lipinski definition) is 3. The number of rotatable bonds is 11. The first-order valence-electron chi connectivity index (χ1n) is 12.1. The second-order valence-electron chi connectivity index (χ2n) is 8.26. The Morgan fingerprint density at radius 1 is 1.10 bits per heavy atom. The van der Waals surface area contributed by atoms with Crippen LogP contribution in [0.2, 0.25) is 0 Å². The summed E-state index contributed by atoms with van der Waals surface area (Å²) in [6, 6.07) is 9.46. The van der Waals surface area contributed by atoms with Crippen molar-refractivity contribution in [3.05, 3.63) is 58.8 Å². The van der Waals surface area contributed by atoms with Gasteiger partial charge in [0.25, 0.3) is 5.91 Å². The Kier molecular flexibility index (Phi) is 10.4. The van der Waals surface area contributed by atoms with Crippen molar-refractivity contribution >= 4 is 41.4 Å². The van der Waals surface area contributed by atoms with E-state index >= 15 is 0 Å². The van der Waals surface area contributed by atoms with Gasteiger partial charge in [0.1, 0.15) is 5.75 Å². The molecule has 0 saturated carbocycles. The Balaban J connectivity index is 1.72. The molecule has 12 nitrogen and oxygen atoms in total. The van der Waals surface area contributed by atoms with Crippen molar-refractivity contribution in [3.63, 3.8) is 0 Å². The van der Waals surface area contributed by atoms with Crippen LogP contribution in [-0.4, -0.2) is 56.6 Å². The zero-order valence-corrected chi connectivity index (χ0v) is 23.5. The normalized spacial score (nSPS) is 14.6. The summed E-state index contributed by atoms with van der Waals surface area (Å²) >= 11 is 5.29. The summed E-state index contributed by atoms with van der Waals surface area (Å²) in [5.41, 5.74) is 4.41. The van der Waals surface area contributed by atoms with Crippen LogP contribution in [0.4, 0.5) is 0 Å². The lowest BCUT2D eigenvalue weighted by molar-refractivity contribution is -0.139. The molecule has 0 radical (unpaired) electrons. The average molecular weight is 571 g/mol. The second-order valence-corrected chi connectivity index (χ2v) is 8.67. The summed E-state index contributed by atoms with van der Waals surface area (Å²) in [5.74, 6) is -0.565. The van der Waals surface area contributed by atoms with Gasteiger partial charge in [-0.3, -0.25) is 9.59 Å². The summed E-state index contributed by atoms with van der Waals surface area (Å²) in [6.07, 6.45) is 1.37. The lowest BCUT2D eigenvalue weighted by Gasteiger charge is -2.30. The van der Waals surface area contributed by atoms with Crippen molar-refractivity contribution in [1.82, 2.24) is 16.1 Å². The van der Waals surface area contributed by atoms with Crippen molar-refractivity contribution in [2.24, 2.45) is 5.10 Å². The van der Waals surface area contributed by atoms with Gasteiger partial charge < -0.3 is 34.3 Å². The minimum Gasteiger partial charge on any atom is -0.493 e. The van der Waals surface area contributed by atoms with Gasteiger partial charge in [0, 0.05) is 23.7 Å². The van der Waals surface area contributed by atoms with E-state index in [1.54, 1.807) is 50.2 Å². The third kappa shape index (κ3) is 7.47. The number of para-hydroxylation sites is 1. The first-order chi connectivity index (χ1) is 19.2.